The van der Waals surface area contributed by atoms with E-state index in [0.29, 0.717) is 25.0 Å². The third-order valence-corrected chi connectivity index (χ3v) is 5.96. The van der Waals surface area contributed by atoms with Crippen molar-refractivity contribution in [2.24, 2.45) is 0 Å². The topological polar surface area (TPSA) is 80.5 Å². The van der Waals surface area contributed by atoms with Gasteiger partial charge in [-0.3, -0.25) is 9.69 Å². The molecule has 1 aliphatic carbocycles. The summed E-state index contributed by atoms with van der Waals surface area (Å²) in [6.07, 6.45) is 6.58. The number of aromatic nitrogens is 1. The number of ether oxygens (including phenoxy) is 1. The molecule has 1 aromatic heterocycles. The lowest BCUT2D eigenvalue weighted by Gasteiger charge is -2.38. The molecule has 4 rings (SSSR count). The quantitative estimate of drug-likeness (QED) is 0.691. The van der Waals surface area contributed by atoms with E-state index >= 15 is 0 Å². The number of hydrogen-bond donors (Lipinski definition) is 2. The van der Waals surface area contributed by atoms with Gasteiger partial charge < -0.3 is 15.8 Å². The van der Waals surface area contributed by atoms with Gasteiger partial charge in [-0.05, 0) is 49.6 Å². The zero-order valence-corrected chi connectivity index (χ0v) is 17.5. The predicted octanol–water partition coefficient (Wildman–Crippen LogP) is 2.96. The fraction of sp³-hybridized carbons (Fsp3) is 0.417. The summed E-state index contributed by atoms with van der Waals surface area (Å²) >= 11 is 0. The fourth-order valence-corrected chi connectivity index (χ4v) is 4.11. The standard InChI is InChI=1S/C24H30N4O2/c1-17-16-30-22(20-8-9-23(25)27-14-20)15-28(17)11-5-4-10-26-24(29)21-12-18-6-2-3-7-19(18)13-21/h2-3,6-9,12,14,17,22H,4-5,10-11,13,15-16H2,1H3,(H2,25,27)(H,26,29)/t17-,22+/m0/s1. The molecule has 0 radical (unpaired) electrons. The van der Waals surface area contributed by atoms with E-state index < -0.39 is 0 Å². The van der Waals surface area contributed by atoms with Crippen LogP contribution < -0.4 is 11.1 Å². The van der Waals surface area contributed by atoms with Crippen LogP contribution in [-0.4, -0.2) is 48.1 Å². The Bertz CT molecular complexity index is 910. The zero-order chi connectivity index (χ0) is 20.9. The van der Waals surface area contributed by atoms with Crippen LogP contribution in [0, 0.1) is 0 Å². The van der Waals surface area contributed by atoms with Crippen molar-refractivity contribution in [1.82, 2.24) is 15.2 Å². The van der Waals surface area contributed by atoms with E-state index in [1.54, 1.807) is 6.20 Å². The first-order valence-corrected chi connectivity index (χ1v) is 10.7. The van der Waals surface area contributed by atoms with Crippen molar-refractivity contribution < 1.29 is 9.53 Å². The number of carbonyl (C=O) groups is 1. The van der Waals surface area contributed by atoms with Crippen molar-refractivity contribution in [2.45, 2.75) is 38.3 Å². The summed E-state index contributed by atoms with van der Waals surface area (Å²) in [6, 6.07) is 12.4. The average Bonchev–Trinajstić information content (AvgIpc) is 3.20. The van der Waals surface area contributed by atoms with Crippen molar-refractivity contribution in [3.05, 3.63) is 64.9 Å². The van der Waals surface area contributed by atoms with E-state index in [4.69, 9.17) is 10.5 Å². The van der Waals surface area contributed by atoms with E-state index in [9.17, 15) is 4.79 Å². The van der Waals surface area contributed by atoms with E-state index in [-0.39, 0.29) is 12.0 Å². The summed E-state index contributed by atoms with van der Waals surface area (Å²) in [6.45, 7) is 5.46. The van der Waals surface area contributed by atoms with Gasteiger partial charge in [-0.2, -0.15) is 0 Å². The van der Waals surface area contributed by atoms with Crippen molar-refractivity contribution in [2.75, 3.05) is 32.0 Å². The summed E-state index contributed by atoms with van der Waals surface area (Å²) in [5, 5.41) is 3.08. The molecule has 1 aliphatic heterocycles. The molecule has 0 saturated carbocycles. The molecule has 2 aromatic rings. The summed E-state index contributed by atoms with van der Waals surface area (Å²) in [4.78, 5) is 19.1. The first-order valence-electron chi connectivity index (χ1n) is 10.7. The van der Waals surface area contributed by atoms with Crippen molar-refractivity contribution in [1.29, 1.82) is 0 Å². The van der Waals surface area contributed by atoms with Crippen molar-refractivity contribution >= 4 is 17.8 Å². The lowest BCUT2D eigenvalue weighted by atomic mass is 10.1. The van der Waals surface area contributed by atoms with Gasteiger partial charge in [0.05, 0.1) is 12.7 Å². The Labute approximate surface area is 178 Å². The second kappa shape index (κ2) is 9.41. The molecular formula is C24H30N4O2. The minimum atomic E-state index is 0.0324. The number of nitrogen functional groups attached to an aromatic ring is 1. The minimum Gasteiger partial charge on any atom is -0.384 e. The van der Waals surface area contributed by atoms with E-state index in [1.165, 1.54) is 5.56 Å². The fourth-order valence-electron chi connectivity index (χ4n) is 4.11. The van der Waals surface area contributed by atoms with Gasteiger partial charge in [-0.25, -0.2) is 4.98 Å². The van der Waals surface area contributed by atoms with Crippen molar-refractivity contribution in [3.8, 4) is 0 Å². The summed E-state index contributed by atoms with van der Waals surface area (Å²) in [5.41, 5.74) is 10.0. The number of carbonyl (C=O) groups excluding carboxylic acids is 1. The SMILES string of the molecule is C[C@H]1CO[C@@H](c2ccc(N)nc2)CN1CCCCNC(=O)C1=Cc2ccccc2C1. The lowest BCUT2D eigenvalue weighted by molar-refractivity contribution is -0.117. The molecule has 6 heteroatoms. The number of nitrogens with zero attached hydrogens (tertiary/aromatic N) is 2. The maximum absolute atomic E-state index is 12.4. The first kappa shape index (κ1) is 20.6. The van der Waals surface area contributed by atoms with Crippen LogP contribution in [0.2, 0.25) is 0 Å². The van der Waals surface area contributed by atoms with Crippen LogP contribution >= 0.6 is 0 Å². The van der Waals surface area contributed by atoms with Gasteiger partial charge in [0.1, 0.15) is 5.82 Å². The minimum absolute atomic E-state index is 0.0324. The number of amides is 1. The highest BCUT2D eigenvalue weighted by atomic mass is 16.5. The van der Waals surface area contributed by atoms with E-state index in [0.717, 1.165) is 49.1 Å². The molecule has 2 aliphatic rings. The van der Waals surface area contributed by atoms with Crippen LogP contribution in [0.5, 0.6) is 0 Å². The van der Waals surface area contributed by atoms with Gasteiger partial charge in [0.15, 0.2) is 0 Å². The van der Waals surface area contributed by atoms with Gasteiger partial charge in [0.25, 0.3) is 0 Å². The average molecular weight is 407 g/mol. The Morgan fingerprint density at radius 3 is 2.93 bits per heavy atom. The molecule has 1 saturated heterocycles. The predicted molar refractivity (Wildman–Crippen MR) is 119 cm³/mol. The van der Waals surface area contributed by atoms with Crippen LogP contribution in [0.25, 0.3) is 6.08 Å². The van der Waals surface area contributed by atoms with Crippen LogP contribution in [0.15, 0.2) is 48.2 Å². The molecule has 1 amide bonds. The molecule has 6 nitrogen and oxygen atoms in total. The third kappa shape index (κ3) is 4.89. The molecule has 1 aromatic carbocycles. The highest BCUT2D eigenvalue weighted by Gasteiger charge is 2.27. The second-order valence-electron chi connectivity index (χ2n) is 8.19. The number of anilines is 1. The Morgan fingerprint density at radius 1 is 1.27 bits per heavy atom. The molecular weight excluding hydrogens is 376 g/mol. The van der Waals surface area contributed by atoms with Crippen LogP contribution in [0.1, 0.15) is 42.6 Å². The van der Waals surface area contributed by atoms with Crippen molar-refractivity contribution in [3.63, 3.8) is 0 Å². The molecule has 0 bridgehead atoms. The normalized spacial score (nSPS) is 21.2. The number of unbranched alkanes of at least 4 members (excludes halogenated alkanes) is 1. The molecule has 158 valence electrons. The smallest absolute Gasteiger partial charge is 0.247 e. The monoisotopic (exact) mass is 406 g/mol. The number of morpholine rings is 1. The Morgan fingerprint density at radius 2 is 2.13 bits per heavy atom. The van der Waals surface area contributed by atoms with Gasteiger partial charge in [0, 0.05) is 42.9 Å². The van der Waals surface area contributed by atoms with Crippen LogP contribution in [0.3, 0.4) is 0 Å². The third-order valence-electron chi connectivity index (χ3n) is 5.96. The molecule has 0 spiro atoms. The molecule has 1 fully saturated rings. The molecule has 3 N–H and O–H groups in total. The highest BCUT2D eigenvalue weighted by molar-refractivity contribution is 6.00. The van der Waals surface area contributed by atoms with Gasteiger partial charge in [0.2, 0.25) is 5.91 Å². The van der Waals surface area contributed by atoms with Gasteiger partial charge in [-0.1, -0.05) is 30.3 Å². The number of hydrogen-bond acceptors (Lipinski definition) is 5. The Balaban J connectivity index is 1.19. The van der Waals surface area contributed by atoms with E-state index in [2.05, 4.69) is 34.3 Å². The number of fused-ring (bicyclic) bond motifs is 1. The number of pyridine rings is 1. The molecule has 2 heterocycles. The maximum Gasteiger partial charge on any atom is 0.247 e. The maximum atomic E-state index is 12.4. The number of nitrogens with one attached hydrogen (secondary N) is 1. The summed E-state index contributed by atoms with van der Waals surface area (Å²) < 4.78 is 6.00. The van der Waals surface area contributed by atoms with Crippen LogP contribution in [0.4, 0.5) is 5.82 Å². The van der Waals surface area contributed by atoms with E-state index in [1.807, 2.05) is 30.3 Å². The molecule has 30 heavy (non-hydrogen) atoms. The summed E-state index contributed by atoms with van der Waals surface area (Å²) in [7, 11) is 0. The number of benzene rings is 1. The Kier molecular flexibility index (Phi) is 6.45. The molecule has 2 atom stereocenters. The summed E-state index contributed by atoms with van der Waals surface area (Å²) in [5.74, 6) is 0.584. The first-order chi connectivity index (χ1) is 14.6. The number of rotatable bonds is 7. The lowest BCUT2D eigenvalue weighted by Crippen LogP contribution is -2.45. The highest BCUT2D eigenvalue weighted by Crippen LogP contribution is 2.26. The zero-order valence-electron chi connectivity index (χ0n) is 17.5. The Hall–Kier alpha value is -2.70. The number of nitrogens with two attached hydrogens (primary N) is 1. The van der Waals surface area contributed by atoms with Gasteiger partial charge in [-0.15, -0.1) is 0 Å². The molecule has 0 unspecified atom stereocenters. The van der Waals surface area contributed by atoms with Crippen LogP contribution in [-0.2, 0) is 16.0 Å². The second-order valence-corrected chi connectivity index (χ2v) is 8.19. The van der Waals surface area contributed by atoms with Gasteiger partial charge >= 0.3 is 0 Å². The largest absolute Gasteiger partial charge is 0.384 e.